The minimum Gasteiger partial charge on any atom is -0.255 e. The first-order valence-electron chi connectivity index (χ1n) is 30.6. The predicted octanol–water partition coefficient (Wildman–Crippen LogP) is 16.8. The Labute approximate surface area is 511 Å². The fraction of sp³-hybridized carbons (Fsp3) is 0.282. The van der Waals surface area contributed by atoms with E-state index in [1.165, 1.54) is 106 Å². The van der Waals surface area contributed by atoms with Crippen LogP contribution in [0.3, 0.4) is 0 Å². The Balaban J connectivity index is 0.000000137. The zero-order valence-electron chi connectivity index (χ0n) is 53.8. The third-order valence-electron chi connectivity index (χ3n) is 16.2. The van der Waals surface area contributed by atoms with Gasteiger partial charge in [-0.3, -0.25) is 19.9 Å². The van der Waals surface area contributed by atoms with Gasteiger partial charge in [0.05, 0.1) is 43.6 Å². The normalized spacial score (nSPS) is 11.3. The number of aromatic nitrogens is 8. The third-order valence-corrected chi connectivity index (χ3v) is 16.2. The molecule has 0 saturated carbocycles. The van der Waals surface area contributed by atoms with Crippen molar-refractivity contribution in [2.24, 2.45) is 40.0 Å². The molecule has 12 rings (SSSR count). The van der Waals surface area contributed by atoms with Gasteiger partial charge in [-0.2, -0.15) is 0 Å². The quantitative estimate of drug-likeness (QED) is 0.128. The molecule has 0 N–H and O–H groups in total. The van der Waals surface area contributed by atoms with Gasteiger partial charge in [0.2, 0.25) is 22.8 Å². The van der Waals surface area contributed by atoms with E-state index in [1.54, 1.807) is 0 Å². The lowest BCUT2D eigenvalue weighted by Gasteiger charge is -2.10. The zero-order chi connectivity index (χ0) is 61.3. The summed E-state index contributed by atoms with van der Waals surface area (Å²) in [7, 11) is 8.40. The van der Waals surface area contributed by atoms with Crippen molar-refractivity contribution in [3.05, 3.63) is 240 Å². The fourth-order valence-corrected chi connectivity index (χ4v) is 11.6. The number of nitrogens with zero attached hydrogens (tertiary/aromatic N) is 8. The van der Waals surface area contributed by atoms with E-state index in [-0.39, 0.29) is 0 Å². The van der Waals surface area contributed by atoms with E-state index < -0.39 is 0 Å². The van der Waals surface area contributed by atoms with Crippen LogP contribution in [0.1, 0.15) is 112 Å². The minimum absolute atomic E-state index is 0.449. The molecular formula is C78H88N8+4. The lowest BCUT2D eigenvalue weighted by Crippen LogP contribution is -2.30. The van der Waals surface area contributed by atoms with Gasteiger partial charge in [-0.1, -0.05) is 128 Å². The smallest absolute Gasteiger partial charge is 0.222 e. The van der Waals surface area contributed by atoms with Gasteiger partial charge in [-0.05, 0) is 158 Å². The Morgan fingerprint density at radius 1 is 0.349 bits per heavy atom. The average Bonchev–Trinajstić information content (AvgIpc) is 1.75. The van der Waals surface area contributed by atoms with E-state index in [0.29, 0.717) is 23.7 Å². The van der Waals surface area contributed by atoms with E-state index >= 15 is 0 Å². The minimum atomic E-state index is 0.449. The van der Waals surface area contributed by atoms with Crippen molar-refractivity contribution >= 4 is 43.6 Å². The van der Waals surface area contributed by atoms with Crippen LogP contribution in [0.4, 0.5) is 0 Å². The summed E-state index contributed by atoms with van der Waals surface area (Å²) in [4.78, 5) is 19.0. The number of benzene rings is 4. The van der Waals surface area contributed by atoms with Crippen LogP contribution in [0, 0.1) is 39.5 Å². The summed E-state index contributed by atoms with van der Waals surface area (Å²) < 4.78 is 8.76. The molecule has 0 aliphatic carbocycles. The monoisotopic (exact) mass is 1140 g/mol. The van der Waals surface area contributed by atoms with Crippen LogP contribution >= 0.6 is 0 Å². The van der Waals surface area contributed by atoms with Crippen LogP contribution in [-0.2, 0) is 41.0 Å². The van der Waals surface area contributed by atoms with Crippen molar-refractivity contribution in [2.75, 3.05) is 0 Å². The van der Waals surface area contributed by atoms with Gasteiger partial charge in [0.15, 0.2) is 24.8 Å². The molecule has 0 atom stereocenters. The molecular weight excluding hydrogens is 1050 g/mol. The maximum Gasteiger partial charge on any atom is 0.222 e. The van der Waals surface area contributed by atoms with Crippen LogP contribution in [-0.4, -0.2) is 19.9 Å². The highest BCUT2D eigenvalue weighted by Crippen LogP contribution is 2.32. The van der Waals surface area contributed by atoms with Crippen molar-refractivity contribution in [1.29, 1.82) is 0 Å². The molecule has 8 heteroatoms. The molecule has 8 nitrogen and oxygen atoms in total. The maximum absolute atomic E-state index is 4.86. The second kappa shape index (κ2) is 27.4. The number of pyridine rings is 8. The summed E-state index contributed by atoms with van der Waals surface area (Å²) in [6, 6.07) is 55.9. The number of rotatable bonds is 10. The molecule has 0 amide bonds. The van der Waals surface area contributed by atoms with E-state index in [1.807, 2.05) is 12.4 Å². The summed E-state index contributed by atoms with van der Waals surface area (Å²) in [6.07, 6.45) is 14.5. The Bertz CT molecular complexity index is 4360. The molecule has 0 unspecified atom stereocenters. The van der Waals surface area contributed by atoms with E-state index in [2.05, 4.69) is 322 Å². The largest absolute Gasteiger partial charge is 0.255 e. The van der Waals surface area contributed by atoms with Crippen LogP contribution in [0.5, 0.6) is 0 Å². The van der Waals surface area contributed by atoms with Crippen molar-refractivity contribution in [3.63, 3.8) is 0 Å². The van der Waals surface area contributed by atoms with E-state index in [9.17, 15) is 0 Å². The molecule has 12 aromatic rings. The fourth-order valence-electron chi connectivity index (χ4n) is 11.6. The van der Waals surface area contributed by atoms with Gasteiger partial charge >= 0.3 is 0 Å². The molecule has 0 aliphatic rings. The first-order chi connectivity index (χ1) is 41.3. The summed E-state index contributed by atoms with van der Waals surface area (Å²) in [5, 5.41) is 4.88. The summed E-state index contributed by atoms with van der Waals surface area (Å²) in [5.74, 6) is 2.20. The molecule has 0 fully saturated rings. The lowest BCUT2D eigenvalue weighted by molar-refractivity contribution is -0.659. The first kappa shape index (κ1) is 61.7. The maximum atomic E-state index is 4.86. The Hall–Kier alpha value is -8.88. The Morgan fingerprint density at radius 3 is 1.13 bits per heavy atom. The summed E-state index contributed by atoms with van der Waals surface area (Å²) >= 11 is 0. The topological polar surface area (TPSA) is 67.1 Å². The Kier molecular flexibility index (Phi) is 19.7. The van der Waals surface area contributed by atoms with Gasteiger partial charge < -0.3 is 0 Å². The molecule has 8 aromatic heterocycles. The Morgan fingerprint density at radius 2 is 0.721 bits per heavy atom. The van der Waals surface area contributed by atoms with Crippen molar-refractivity contribution in [3.8, 4) is 45.0 Å². The van der Waals surface area contributed by atoms with Crippen LogP contribution in [0.25, 0.3) is 88.6 Å². The van der Waals surface area contributed by atoms with Crippen molar-refractivity contribution < 1.29 is 18.3 Å². The highest BCUT2D eigenvalue weighted by Gasteiger charge is 2.22. The van der Waals surface area contributed by atoms with Gasteiger partial charge in [-0.25, -0.2) is 18.3 Å². The number of aryl methyl sites for hydroxylation is 8. The van der Waals surface area contributed by atoms with Gasteiger partial charge in [0, 0.05) is 70.3 Å². The molecule has 0 bridgehead atoms. The van der Waals surface area contributed by atoms with Crippen LogP contribution in [0.2, 0.25) is 0 Å². The van der Waals surface area contributed by atoms with Crippen LogP contribution < -0.4 is 18.3 Å². The number of hydrogen-bond acceptors (Lipinski definition) is 4. The molecule has 86 heavy (non-hydrogen) atoms. The molecule has 0 spiro atoms. The molecule has 8 heterocycles. The van der Waals surface area contributed by atoms with E-state index in [0.717, 1.165) is 40.6 Å². The molecule has 436 valence electrons. The van der Waals surface area contributed by atoms with E-state index in [4.69, 9.17) is 9.97 Å². The standard InChI is InChI=1S/2C20H23N2.2C19H21N2/c1-14(2)11-16-12-18-19(21-13-16)9-10-22(4)20(18)17-8-6-5-7-15(17)3;1-14(2)13-16-9-10-18-19(21-16)11-12-22(4)20(18)17-8-6-5-7-15(17)3;1-13(2)15-11-17-18(20-12-15)9-10-21(4)19(17)16-8-6-5-7-14(16)3;1-13(2)17-10-9-16-18(20-17)11-12-21(4)19(16)15-8-6-5-7-14(15)3/h5-10,12-14H,11H2,1-4H3;5-12,14H,13H2,1-4H3;2*5-13H,1-4H3/q4*+1. The zero-order valence-corrected chi connectivity index (χ0v) is 53.8. The van der Waals surface area contributed by atoms with Gasteiger partial charge in [0.1, 0.15) is 28.2 Å². The highest BCUT2D eigenvalue weighted by molar-refractivity contribution is 5.94. The summed E-state index contributed by atoms with van der Waals surface area (Å²) in [5.41, 5.74) is 24.4. The SMILES string of the molecule is Cc1ccccc1-c1c2cc(C(C)C)cnc2cc[n+]1C.Cc1ccccc1-c1c2cc(CC(C)C)cnc2cc[n+]1C.Cc1ccccc1-c1c2ccc(C(C)C)nc2cc[n+]1C.Cc1ccccc1-c1c2ccc(CC(C)C)nc2cc[n+]1C. The molecule has 0 aliphatic heterocycles. The van der Waals surface area contributed by atoms with Crippen molar-refractivity contribution in [2.45, 2.75) is 108 Å². The van der Waals surface area contributed by atoms with Crippen molar-refractivity contribution in [1.82, 2.24) is 19.9 Å². The first-order valence-corrected chi connectivity index (χ1v) is 30.6. The third kappa shape index (κ3) is 14.1. The number of fused-ring (bicyclic) bond motifs is 4. The van der Waals surface area contributed by atoms with Crippen LogP contribution in [0.15, 0.2) is 195 Å². The highest BCUT2D eigenvalue weighted by atomic mass is 14.9. The summed E-state index contributed by atoms with van der Waals surface area (Å²) in [6.45, 7) is 26.4. The molecule has 0 saturated heterocycles. The molecule has 0 radical (unpaired) electrons. The lowest BCUT2D eigenvalue weighted by atomic mass is 9.98. The van der Waals surface area contributed by atoms with Gasteiger partial charge in [-0.15, -0.1) is 0 Å². The average molecular weight is 1140 g/mol. The predicted molar refractivity (Wildman–Crippen MR) is 358 cm³/mol. The second-order valence-electron chi connectivity index (χ2n) is 24.7. The number of hydrogen-bond donors (Lipinski definition) is 0. The van der Waals surface area contributed by atoms with Gasteiger partial charge in [0.25, 0.3) is 0 Å². The molecule has 4 aromatic carbocycles. The second-order valence-corrected chi connectivity index (χ2v) is 24.7.